The Morgan fingerprint density at radius 2 is 2.04 bits per heavy atom. The number of hydrogen-bond acceptors (Lipinski definition) is 8. The fourth-order valence-corrected chi connectivity index (χ4v) is 4.22. The summed E-state index contributed by atoms with van der Waals surface area (Å²) in [6.45, 7) is 4.66. The van der Waals surface area contributed by atoms with Gasteiger partial charge >= 0.3 is 0 Å². The van der Waals surface area contributed by atoms with Crippen LogP contribution in [0.5, 0.6) is 0 Å². The highest BCUT2D eigenvalue weighted by atomic mass is 32.2. The Labute approximate surface area is 157 Å². The van der Waals surface area contributed by atoms with E-state index in [9.17, 15) is 4.79 Å². The van der Waals surface area contributed by atoms with E-state index in [1.54, 1.807) is 12.4 Å². The van der Waals surface area contributed by atoms with Gasteiger partial charge in [0.05, 0.1) is 5.69 Å². The van der Waals surface area contributed by atoms with E-state index in [-0.39, 0.29) is 5.56 Å². The lowest BCUT2D eigenvalue weighted by molar-refractivity contribution is 0.687. The summed E-state index contributed by atoms with van der Waals surface area (Å²) in [5.41, 5.74) is 1.52. The van der Waals surface area contributed by atoms with Crippen LogP contribution < -0.4 is 5.56 Å². The van der Waals surface area contributed by atoms with E-state index < -0.39 is 0 Å². The Morgan fingerprint density at radius 3 is 2.81 bits per heavy atom. The van der Waals surface area contributed by atoms with Crippen LogP contribution in [0.4, 0.5) is 0 Å². The number of hydrogen-bond donors (Lipinski definition) is 0. The van der Waals surface area contributed by atoms with Crippen LogP contribution in [0.25, 0.3) is 16.3 Å². The lowest BCUT2D eigenvalue weighted by atomic mass is 10.2. The van der Waals surface area contributed by atoms with Gasteiger partial charge < -0.3 is 4.57 Å². The average molecular weight is 385 g/mol. The fourth-order valence-electron chi connectivity index (χ4n) is 2.56. The number of thioether (sulfide) groups is 1. The topological polar surface area (TPSA) is 90.9 Å². The maximum Gasteiger partial charge on any atom is 0.275 e. The summed E-state index contributed by atoms with van der Waals surface area (Å²) in [4.78, 5) is 21.3. The molecule has 0 radical (unpaired) electrons. The first kappa shape index (κ1) is 16.9. The van der Waals surface area contributed by atoms with Crippen LogP contribution in [-0.4, -0.2) is 34.3 Å². The highest BCUT2D eigenvalue weighted by molar-refractivity contribution is 7.98. The van der Waals surface area contributed by atoms with Gasteiger partial charge in [0.2, 0.25) is 4.96 Å². The molecule has 10 heteroatoms. The van der Waals surface area contributed by atoms with Gasteiger partial charge in [0.25, 0.3) is 5.56 Å². The molecule has 0 N–H and O–H groups in total. The van der Waals surface area contributed by atoms with Crippen molar-refractivity contribution in [1.82, 2.24) is 34.3 Å². The van der Waals surface area contributed by atoms with E-state index in [0.29, 0.717) is 16.4 Å². The fraction of sp³-hybridized carbons (Fsp3) is 0.250. The number of rotatable bonds is 5. The predicted molar refractivity (Wildman–Crippen MR) is 100 cm³/mol. The van der Waals surface area contributed by atoms with Crippen molar-refractivity contribution in [2.24, 2.45) is 0 Å². The van der Waals surface area contributed by atoms with E-state index >= 15 is 0 Å². The first-order chi connectivity index (χ1) is 12.7. The Morgan fingerprint density at radius 1 is 1.23 bits per heavy atom. The van der Waals surface area contributed by atoms with Crippen molar-refractivity contribution >= 4 is 28.1 Å². The van der Waals surface area contributed by atoms with Crippen LogP contribution in [-0.2, 0) is 12.3 Å². The van der Waals surface area contributed by atoms with Gasteiger partial charge in [-0.1, -0.05) is 23.1 Å². The molecule has 26 heavy (non-hydrogen) atoms. The molecule has 4 aromatic heterocycles. The van der Waals surface area contributed by atoms with Gasteiger partial charge in [-0.3, -0.25) is 9.78 Å². The summed E-state index contributed by atoms with van der Waals surface area (Å²) in [7, 11) is 0. The SMILES string of the molecule is CCn1c(SCc2cc(=O)n3nc(C)sc3n2)nnc1-c1ccncc1. The molecular weight excluding hydrogens is 370 g/mol. The zero-order valence-corrected chi connectivity index (χ0v) is 15.8. The standard InChI is InChI=1S/C16H15N7OS2/c1-3-22-14(11-4-6-17-7-5-11)19-20-16(22)25-9-12-8-13(24)23-15(18-12)26-10(2)21-23/h4-8H,3,9H2,1-2H3. The first-order valence-electron chi connectivity index (χ1n) is 7.98. The third kappa shape index (κ3) is 3.13. The second kappa shape index (κ2) is 6.96. The Hall–Kier alpha value is -2.59. The Bertz CT molecular complexity index is 1120. The third-order valence-electron chi connectivity index (χ3n) is 3.72. The summed E-state index contributed by atoms with van der Waals surface area (Å²) in [5.74, 6) is 1.34. The van der Waals surface area contributed by atoms with Crippen molar-refractivity contribution in [2.45, 2.75) is 31.3 Å². The minimum Gasteiger partial charge on any atom is -0.302 e. The minimum atomic E-state index is -0.163. The quantitative estimate of drug-likeness (QED) is 0.487. The van der Waals surface area contributed by atoms with Crippen molar-refractivity contribution in [1.29, 1.82) is 0 Å². The molecule has 8 nitrogen and oxygen atoms in total. The van der Waals surface area contributed by atoms with E-state index in [1.807, 2.05) is 23.6 Å². The molecule has 4 rings (SSSR count). The van der Waals surface area contributed by atoms with Gasteiger partial charge in [-0.15, -0.1) is 10.2 Å². The summed E-state index contributed by atoms with van der Waals surface area (Å²) in [6, 6.07) is 5.34. The molecule has 0 aliphatic rings. The van der Waals surface area contributed by atoms with Gasteiger partial charge in [0.1, 0.15) is 5.01 Å². The molecule has 4 heterocycles. The molecule has 0 spiro atoms. The molecule has 0 aliphatic carbocycles. The highest BCUT2D eigenvalue weighted by Crippen LogP contribution is 2.25. The summed E-state index contributed by atoms with van der Waals surface area (Å²) in [5, 5.41) is 14.4. The molecular formula is C16H15N7OS2. The van der Waals surface area contributed by atoms with Gasteiger partial charge in [-0.05, 0) is 26.0 Å². The average Bonchev–Trinajstić information content (AvgIpc) is 3.23. The number of nitrogens with zero attached hydrogens (tertiary/aromatic N) is 7. The molecule has 132 valence electrons. The van der Waals surface area contributed by atoms with Crippen molar-refractivity contribution in [3.05, 3.63) is 51.6 Å². The van der Waals surface area contributed by atoms with Crippen molar-refractivity contribution in [3.8, 4) is 11.4 Å². The highest BCUT2D eigenvalue weighted by Gasteiger charge is 2.14. The van der Waals surface area contributed by atoms with Crippen molar-refractivity contribution in [3.63, 3.8) is 0 Å². The minimum absolute atomic E-state index is 0.163. The maximum absolute atomic E-state index is 12.2. The molecule has 0 fully saturated rings. The lowest BCUT2D eigenvalue weighted by Crippen LogP contribution is -2.15. The maximum atomic E-state index is 12.2. The number of aryl methyl sites for hydroxylation is 1. The second-order valence-electron chi connectivity index (χ2n) is 5.48. The lowest BCUT2D eigenvalue weighted by Gasteiger charge is -2.07. The van der Waals surface area contributed by atoms with Gasteiger partial charge in [0.15, 0.2) is 11.0 Å². The van der Waals surface area contributed by atoms with Crippen molar-refractivity contribution < 1.29 is 0 Å². The monoisotopic (exact) mass is 385 g/mol. The molecule has 0 amide bonds. The Balaban J connectivity index is 1.60. The van der Waals surface area contributed by atoms with E-state index in [4.69, 9.17) is 0 Å². The van der Waals surface area contributed by atoms with E-state index in [0.717, 1.165) is 28.1 Å². The molecule has 0 atom stereocenters. The second-order valence-corrected chi connectivity index (χ2v) is 7.58. The number of fused-ring (bicyclic) bond motifs is 1. The van der Waals surface area contributed by atoms with Gasteiger partial charge in [-0.25, -0.2) is 4.98 Å². The van der Waals surface area contributed by atoms with Crippen LogP contribution in [0.1, 0.15) is 17.6 Å². The van der Waals surface area contributed by atoms with Crippen LogP contribution in [0.15, 0.2) is 40.5 Å². The van der Waals surface area contributed by atoms with Crippen molar-refractivity contribution in [2.75, 3.05) is 0 Å². The first-order valence-corrected chi connectivity index (χ1v) is 9.78. The molecule has 0 saturated heterocycles. The largest absolute Gasteiger partial charge is 0.302 e. The van der Waals surface area contributed by atoms with Crippen LogP contribution in [0.3, 0.4) is 0 Å². The number of pyridine rings is 1. The Kier molecular flexibility index (Phi) is 4.51. The molecule has 0 saturated carbocycles. The van der Waals surface area contributed by atoms with E-state index in [1.165, 1.54) is 33.7 Å². The van der Waals surface area contributed by atoms with Crippen LogP contribution in [0, 0.1) is 6.92 Å². The molecule has 0 aliphatic heterocycles. The normalized spacial score (nSPS) is 11.3. The zero-order valence-electron chi connectivity index (χ0n) is 14.2. The van der Waals surface area contributed by atoms with Crippen LogP contribution in [0.2, 0.25) is 0 Å². The smallest absolute Gasteiger partial charge is 0.275 e. The molecule has 0 unspecified atom stereocenters. The summed E-state index contributed by atoms with van der Waals surface area (Å²) >= 11 is 2.92. The van der Waals surface area contributed by atoms with Gasteiger partial charge in [-0.2, -0.15) is 9.61 Å². The molecule has 0 bridgehead atoms. The zero-order chi connectivity index (χ0) is 18.1. The summed E-state index contributed by atoms with van der Waals surface area (Å²) < 4.78 is 3.38. The molecule has 0 aromatic carbocycles. The van der Waals surface area contributed by atoms with Crippen LogP contribution >= 0.6 is 23.1 Å². The predicted octanol–water partition coefficient (Wildman–Crippen LogP) is 2.43. The molecule has 4 aromatic rings. The summed E-state index contributed by atoms with van der Waals surface area (Å²) in [6.07, 6.45) is 3.47. The van der Waals surface area contributed by atoms with Gasteiger partial charge in [0, 0.05) is 36.3 Å². The number of aromatic nitrogens is 7. The third-order valence-corrected chi connectivity index (χ3v) is 5.54. The van der Waals surface area contributed by atoms with E-state index in [2.05, 4.69) is 32.2 Å².